The lowest BCUT2D eigenvalue weighted by molar-refractivity contribution is 0.623. The first-order valence-electron chi connectivity index (χ1n) is 9.30. The number of aromatic nitrogens is 3. The summed E-state index contributed by atoms with van der Waals surface area (Å²) in [5.74, 6) is -0.593. The Morgan fingerprint density at radius 1 is 1.16 bits per heavy atom. The summed E-state index contributed by atoms with van der Waals surface area (Å²) in [6, 6.07) is 13.6. The molecule has 0 bridgehead atoms. The third-order valence-electron chi connectivity index (χ3n) is 5.16. The van der Waals surface area contributed by atoms with Gasteiger partial charge in [-0.2, -0.15) is 5.26 Å². The molecule has 6 nitrogen and oxygen atoms in total. The topological polar surface area (TPSA) is 91.5 Å². The maximum atomic E-state index is 13.9. The Balaban J connectivity index is 1.78. The van der Waals surface area contributed by atoms with E-state index in [9.17, 15) is 14.0 Å². The van der Waals surface area contributed by atoms with Crippen LogP contribution in [0.15, 0.2) is 64.4 Å². The summed E-state index contributed by atoms with van der Waals surface area (Å²) in [5, 5.41) is 10.7. The lowest BCUT2D eigenvalue weighted by Gasteiger charge is -2.07. The van der Waals surface area contributed by atoms with Crippen molar-refractivity contribution in [2.24, 2.45) is 0 Å². The molecule has 3 heterocycles. The molecule has 150 valence electrons. The number of nitrogens with one attached hydrogen (secondary N) is 1. The lowest BCUT2D eigenvalue weighted by Crippen LogP contribution is -2.33. The average molecular weight is 428 g/mol. The predicted octanol–water partition coefficient (Wildman–Crippen LogP) is 4.27. The van der Waals surface area contributed by atoms with Crippen molar-refractivity contribution in [3.8, 4) is 22.2 Å². The van der Waals surface area contributed by atoms with Crippen molar-refractivity contribution in [3.63, 3.8) is 0 Å². The van der Waals surface area contributed by atoms with Gasteiger partial charge in [0, 0.05) is 21.8 Å². The van der Waals surface area contributed by atoms with E-state index in [1.165, 1.54) is 29.7 Å². The zero-order chi connectivity index (χ0) is 21.7. The summed E-state index contributed by atoms with van der Waals surface area (Å²) in [7, 11) is 0. The van der Waals surface area contributed by atoms with Crippen LogP contribution < -0.4 is 11.2 Å². The smallest absolute Gasteiger partial charge is 0.306 e. The van der Waals surface area contributed by atoms with Crippen LogP contribution in [-0.4, -0.2) is 14.5 Å². The molecule has 3 aromatic heterocycles. The molecule has 2 aromatic carbocycles. The van der Waals surface area contributed by atoms with Gasteiger partial charge in [-0.25, -0.2) is 13.8 Å². The van der Waals surface area contributed by atoms with E-state index in [0.29, 0.717) is 31.9 Å². The van der Waals surface area contributed by atoms with Crippen molar-refractivity contribution in [3.05, 3.63) is 92.6 Å². The van der Waals surface area contributed by atoms with E-state index in [0.717, 1.165) is 15.3 Å². The van der Waals surface area contributed by atoms with E-state index in [1.807, 2.05) is 30.3 Å². The van der Waals surface area contributed by atoms with Gasteiger partial charge in [0.25, 0.3) is 5.56 Å². The fourth-order valence-electron chi connectivity index (χ4n) is 3.66. The summed E-state index contributed by atoms with van der Waals surface area (Å²) in [6.45, 7) is 1.73. The lowest BCUT2D eigenvalue weighted by atomic mass is 10.0. The highest BCUT2D eigenvalue weighted by atomic mass is 32.1. The molecule has 0 fully saturated rings. The first-order valence-corrected chi connectivity index (χ1v) is 10.1. The zero-order valence-electron chi connectivity index (χ0n) is 16.1. The minimum Gasteiger partial charge on any atom is -0.306 e. The van der Waals surface area contributed by atoms with Gasteiger partial charge in [0.1, 0.15) is 16.6 Å². The number of halogens is 1. The van der Waals surface area contributed by atoms with Crippen molar-refractivity contribution in [2.45, 2.75) is 6.92 Å². The van der Waals surface area contributed by atoms with Crippen LogP contribution in [0.5, 0.6) is 0 Å². The van der Waals surface area contributed by atoms with E-state index in [2.05, 4.69) is 9.97 Å². The average Bonchev–Trinajstić information content (AvgIpc) is 3.18. The number of hydrogen-bond acceptors (Lipinski definition) is 5. The SMILES string of the molecule is Cc1cc(F)c(C#N)cc1-c1cc2[nH]c(=O)n(-c3cncc4ccccc34)c(=O)c2s1. The Morgan fingerprint density at radius 2 is 1.97 bits per heavy atom. The molecule has 0 aliphatic rings. The second kappa shape index (κ2) is 7.00. The molecular formula is C23H13FN4O2S. The fourth-order valence-corrected chi connectivity index (χ4v) is 4.79. The Kier molecular flexibility index (Phi) is 4.27. The van der Waals surface area contributed by atoms with Crippen molar-refractivity contribution in [2.75, 3.05) is 0 Å². The van der Waals surface area contributed by atoms with Crippen molar-refractivity contribution < 1.29 is 4.39 Å². The van der Waals surface area contributed by atoms with Gasteiger partial charge in [0.2, 0.25) is 0 Å². The van der Waals surface area contributed by atoms with E-state index in [-0.39, 0.29) is 5.56 Å². The fraction of sp³-hybridized carbons (Fsp3) is 0.0435. The van der Waals surface area contributed by atoms with Gasteiger partial charge in [0.15, 0.2) is 0 Å². The molecule has 0 atom stereocenters. The molecule has 5 aromatic rings. The molecule has 0 spiro atoms. The molecule has 31 heavy (non-hydrogen) atoms. The van der Waals surface area contributed by atoms with Gasteiger partial charge in [-0.15, -0.1) is 11.3 Å². The number of benzene rings is 2. The second-order valence-corrected chi connectivity index (χ2v) is 8.11. The zero-order valence-corrected chi connectivity index (χ0v) is 17.0. The van der Waals surface area contributed by atoms with E-state index < -0.39 is 17.1 Å². The first kappa shape index (κ1) is 18.9. The normalized spacial score (nSPS) is 11.1. The van der Waals surface area contributed by atoms with Gasteiger partial charge in [0.05, 0.1) is 23.0 Å². The van der Waals surface area contributed by atoms with Gasteiger partial charge >= 0.3 is 5.69 Å². The van der Waals surface area contributed by atoms with Crippen molar-refractivity contribution in [1.82, 2.24) is 14.5 Å². The molecule has 0 saturated carbocycles. The van der Waals surface area contributed by atoms with Crippen molar-refractivity contribution >= 4 is 32.3 Å². The predicted molar refractivity (Wildman–Crippen MR) is 118 cm³/mol. The number of pyridine rings is 1. The molecule has 0 amide bonds. The molecular weight excluding hydrogens is 415 g/mol. The number of hydrogen-bond donors (Lipinski definition) is 1. The highest BCUT2D eigenvalue weighted by Gasteiger charge is 2.17. The molecule has 0 saturated heterocycles. The van der Waals surface area contributed by atoms with Crippen LogP contribution in [0.2, 0.25) is 0 Å². The second-order valence-electron chi connectivity index (χ2n) is 7.06. The van der Waals surface area contributed by atoms with E-state index >= 15 is 0 Å². The van der Waals surface area contributed by atoms with Gasteiger partial charge in [-0.3, -0.25) is 9.78 Å². The molecule has 5 rings (SSSR count). The number of thiophene rings is 1. The van der Waals surface area contributed by atoms with Crippen LogP contribution in [0.4, 0.5) is 4.39 Å². The molecule has 8 heteroatoms. The van der Waals surface area contributed by atoms with Crippen LogP contribution in [0.25, 0.3) is 37.1 Å². The summed E-state index contributed by atoms with van der Waals surface area (Å²) in [6.07, 6.45) is 3.16. The standard InChI is InChI=1S/C23H13FN4O2S/c1-12-6-17(24)14(9-25)7-16(12)20-8-18-21(31-20)22(29)28(23(30)27-18)19-11-26-10-13-4-2-3-5-15(13)19/h2-8,10-11H,1H3,(H,27,30). The largest absolute Gasteiger partial charge is 0.333 e. The molecule has 0 aliphatic carbocycles. The molecule has 0 radical (unpaired) electrons. The number of rotatable bonds is 2. The summed E-state index contributed by atoms with van der Waals surface area (Å²) in [5.41, 5.74) is 0.933. The van der Waals surface area contributed by atoms with Crippen LogP contribution in [0, 0.1) is 24.1 Å². The number of nitriles is 1. The first-order chi connectivity index (χ1) is 15.0. The number of nitrogens with zero attached hydrogens (tertiary/aromatic N) is 3. The monoisotopic (exact) mass is 428 g/mol. The van der Waals surface area contributed by atoms with E-state index in [4.69, 9.17) is 5.26 Å². The van der Waals surface area contributed by atoms with E-state index in [1.54, 1.807) is 19.2 Å². The summed E-state index contributed by atoms with van der Waals surface area (Å²) >= 11 is 1.18. The molecule has 1 N–H and O–H groups in total. The number of fused-ring (bicyclic) bond motifs is 2. The maximum absolute atomic E-state index is 13.9. The third-order valence-corrected chi connectivity index (χ3v) is 6.32. The highest BCUT2D eigenvalue weighted by molar-refractivity contribution is 7.22. The Morgan fingerprint density at radius 3 is 2.77 bits per heavy atom. The van der Waals surface area contributed by atoms with Gasteiger partial charge in [-0.05, 0) is 36.2 Å². The molecule has 0 aliphatic heterocycles. The van der Waals surface area contributed by atoms with Crippen LogP contribution in [-0.2, 0) is 0 Å². The third kappa shape index (κ3) is 2.95. The summed E-state index contributed by atoms with van der Waals surface area (Å²) < 4.78 is 15.3. The van der Waals surface area contributed by atoms with Crippen LogP contribution in [0.3, 0.4) is 0 Å². The Labute approximate surface area is 178 Å². The Bertz CT molecular complexity index is 1670. The number of aromatic amines is 1. The quantitative estimate of drug-likeness (QED) is 0.454. The minimum absolute atomic E-state index is 0.0780. The van der Waals surface area contributed by atoms with Gasteiger partial charge in [-0.1, -0.05) is 24.3 Å². The van der Waals surface area contributed by atoms with Crippen LogP contribution in [0.1, 0.15) is 11.1 Å². The molecule has 0 unspecified atom stereocenters. The van der Waals surface area contributed by atoms with Gasteiger partial charge < -0.3 is 4.98 Å². The highest BCUT2D eigenvalue weighted by Crippen LogP contribution is 2.34. The van der Waals surface area contributed by atoms with Crippen LogP contribution >= 0.6 is 11.3 Å². The minimum atomic E-state index is -0.593. The maximum Gasteiger partial charge on any atom is 0.333 e. The summed E-state index contributed by atoms with van der Waals surface area (Å²) in [4.78, 5) is 33.7. The van der Waals surface area contributed by atoms with Crippen molar-refractivity contribution in [1.29, 1.82) is 5.26 Å². The number of H-pyrrole nitrogens is 1. The Hall–Kier alpha value is -4.09. The number of aryl methyl sites for hydroxylation is 1.